The summed E-state index contributed by atoms with van der Waals surface area (Å²) < 4.78 is 10.8. The first-order chi connectivity index (χ1) is 9.10. The smallest absolute Gasteiger partial charge is 0.269 e. The van der Waals surface area contributed by atoms with Gasteiger partial charge >= 0.3 is 0 Å². The van der Waals surface area contributed by atoms with Crippen molar-refractivity contribution in [2.24, 2.45) is 0 Å². The van der Waals surface area contributed by atoms with Crippen molar-refractivity contribution in [3.8, 4) is 17.2 Å². The van der Waals surface area contributed by atoms with Crippen molar-refractivity contribution in [2.45, 2.75) is 6.92 Å². The Labute approximate surface area is 110 Å². The van der Waals surface area contributed by atoms with Gasteiger partial charge in [0.25, 0.3) is 5.69 Å². The van der Waals surface area contributed by atoms with Crippen LogP contribution in [0.3, 0.4) is 0 Å². The highest BCUT2D eigenvalue weighted by Crippen LogP contribution is 2.28. The fourth-order valence-corrected chi connectivity index (χ4v) is 1.64. The number of aryl methyl sites for hydroxylation is 1. The topological polar surface area (TPSA) is 61.6 Å². The second-order valence-corrected chi connectivity index (χ2v) is 3.98. The standard InChI is InChI=1S/C14H13NO4/c1-10-3-6-13(9-14(10)18-2)19-12-7-4-11(5-8-12)15(16)17/h3-9H,1-2H3. The van der Waals surface area contributed by atoms with Crippen LogP contribution in [0.2, 0.25) is 0 Å². The summed E-state index contributed by atoms with van der Waals surface area (Å²) in [6.45, 7) is 1.94. The van der Waals surface area contributed by atoms with E-state index in [2.05, 4.69) is 0 Å². The Bertz CT molecular complexity index is 593. The highest BCUT2D eigenvalue weighted by atomic mass is 16.6. The maximum atomic E-state index is 10.5. The van der Waals surface area contributed by atoms with Gasteiger partial charge in [0, 0.05) is 18.2 Å². The number of non-ortho nitro benzene ring substituents is 1. The summed E-state index contributed by atoms with van der Waals surface area (Å²) in [6.07, 6.45) is 0. The minimum atomic E-state index is -0.446. The second-order valence-electron chi connectivity index (χ2n) is 3.98. The van der Waals surface area contributed by atoms with E-state index in [0.29, 0.717) is 11.5 Å². The molecule has 0 aromatic heterocycles. The summed E-state index contributed by atoms with van der Waals surface area (Å²) in [4.78, 5) is 10.1. The molecule has 5 heteroatoms. The van der Waals surface area contributed by atoms with Crippen molar-refractivity contribution >= 4 is 5.69 Å². The number of nitro groups is 1. The summed E-state index contributed by atoms with van der Waals surface area (Å²) in [7, 11) is 1.60. The number of rotatable bonds is 4. The van der Waals surface area contributed by atoms with Crippen LogP contribution in [0.15, 0.2) is 42.5 Å². The van der Waals surface area contributed by atoms with Crippen LogP contribution in [-0.4, -0.2) is 12.0 Å². The number of benzene rings is 2. The SMILES string of the molecule is COc1cc(Oc2ccc([N+](=O)[O-])cc2)ccc1C. The first-order valence-corrected chi connectivity index (χ1v) is 5.67. The number of hydrogen-bond donors (Lipinski definition) is 0. The second kappa shape index (κ2) is 5.39. The minimum absolute atomic E-state index is 0.0360. The van der Waals surface area contributed by atoms with Crippen molar-refractivity contribution in [2.75, 3.05) is 7.11 Å². The van der Waals surface area contributed by atoms with Gasteiger partial charge < -0.3 is 9.47 Å². The lowest BCUT2D eigenvalue weighted by atomic mass is 10.2. The Morgan fingerprint density at radius 3 is 2.26 bits per heavy atom. The third-order valence-corrected chi connectivity index (χ3v) is 2.66. The summed E-state index contributed by atoms with van der Waals surface area (Å²) in [5.41, 5.74) is 1.05. The van der Waals surface area contributed by atoms with Crippen LogP contribution in [0.4, 0.5) is 5.69 Å². The Morgan fingerprint density at radius 2 is 1.68 bits per heavy atom. The molecule has 0 aliphatic carbocycles. The predicted molar refractivity (Wildman–Crippen MR) is 70.9 cm³/mol. The number of nitro benzene ring substituents is 1. The molecule has 0 radical (unpaired) electrons. The van der Waals surface area contributed by atoms with Crippen molar-refractivity contribution in [1.82, 2.24) is 0 Å². The molecule has 0 heterocycles. The number of hydrogen-bond acceptors (Lipinski definition) is 4. The van der Waals surface area contributed by atoms with Gasteiger partial charge in [-0.1, -0.05) is 6.07 Å². The van der Waals surface area contributed by atoms with Crippen molar-refractivity contribution in [3.05, 3.63) is 58.1 Å². The summed E-state index contributed by atoms with van der Waals surface area (Å²) >= 11 is 0. The first-order valence-electron chi connectivity index (χ1n) is 5.67. The Morgan fingerprint density at radius 1 is 1.05 bits per heavy atom. The van der Waals surface area contributed by atoms with Crippen molar-refractivity contribution in [3.63, 3.8) is 0 Å². The molecule has 0 amide bonds. The van der Waals surface area contributed by atoms with E-state index in [9.17, 15) is 10.1 Å². The lowest BCUT2D eigenvalue weighted by Crippen LogP contribution is -1.90. The first kappa shape index (κ1) is 12.9. The van der Waals surface area contributed by atoms with Crippen LogP contribution < -0.4 is 9.47 Å². The molecule has 0 saturated heterocycles. The largest absolute Gasteiger partial charge is 0.496 e. The maximum Gasteiger partial charge on any atom is 0.269 e. The van der Waals surface area contributed by atoms with Gasteiger partial charge in [-0.3, -0.25) is 10.1 Å². The highest BCUT2D eigenvalue weighted by molar-refractivity contribution is 5.43. The predicted octanol–water partition coefficient (Wildman–Crippen LogP) is 3.70. The zero-order valence-electron chi connectivity index (χ0n) is 10.6. The van der Waals surface area contributed by atoms with E-state index >= 15 is 0 Å². The van der Waals surface area contributed by atoms with E-state index < -0.39 is 4.92 Å². The number of ether oxygens (including phenoxy) is 2. The molecule has 0 spiro atoms. The summed E-state index contributed by atoms with van der Waals surface area (Å²) in [6, 6.07) is 11.4. The molecular formula is C14H13NO4. The van der Waals surface area contributed by atoms with Gasteiger partial charge in [0.1, 0.15) is 17.2 Å². The molecule has 0 aliphatic rings. The van der Waals surface area contributed by atoms with Gasteiger partial charge in [0.2, 0.25) is 0 Å². The van der Waals surface area contributed by atoms with Crippen molar-refractivity contribution < 1.29 is 14.4 Å². The molecule has 98 valence electrons. The normalized spacial score (nSPS) is 10.0. The third-order valence-electron chi connectivity index (χ3n) is 2.66. The lowest BCUT2D eigenvalue weighted by molar-refractivity contribution is -0.384. The molecule has 0 unspecified atom stereocenters. The van der Waals surface area contributed by atoms with Crippen LogP contribution in [0.5, 0.6) is 17.2 Å². The summed E-state index contributed by atoms with van der Waals surface area (Å²) in [5, 5.41) is 10.5. The van der Waals surface area contributed by atoms with Crippen LogP contribution in [0.25, 0.3) is 0 Å². The minimum Gasteiger partial charge on any atom is -0.496 e. The van der Waals surface area contributed by atoms with Gasteiger partial charge in [-0.2, -0.15) is 0 Å². The van der Waals surface area contributed by atoms with Crippen LogP contribution in [0.1, 0.15) is 5.56 Å². The van der Waals surface area contributed by atoms with E-state index in [1.807, 2.05) is 19.1 Å². The lowest BCUT2D eigenvalue weighted by Gasteiger charge is -2.09. The van der Waals surface area contributed by atoms with Crippen LogP contribution in [0, 0.1) is 17.0 Å². The van der Waals surface area contributed by atoms with Crippen molar-refractivity contribution in [1.29, 1.82) is 0 Å². The molecule has 0 N–H and O–H groups in total. The average Bonchev–Trinajstić information content (AvgIpc) is 2.41. The fraction of sp³-hybridized carbons (Fsp3) is 0.143. The Hall–Kier alpha value is -2.56. The zero-order chi connectivity index (χ0) is 13.8. The Balaban J connectivity index is 2.19. The van der Waals surface area contributed by atoms with Gasteiger partial charge in [0.05, 0.1) is 12.0 Å². The monoisotopic (exact) mass is 259 g/mol. The molecule has 0 atom stereocenters. The molecular weight excluding hydrogens is 246 g/mol. The molecule has 5 nitrogen and oxygen atoms in total. The molecule has 0 aliphatic heterocycles. The molecule has 2 rings (SSSR count). The highest BCUT2D eigenvalue weighted by Gasteiger charge is 2.06. The number of methoxy groups -OCH3 is 1. The molecule has 19 heavy (non-hydrogen) atoms. The molecule has 0 bridgehead atoms. The Kier molecular flexibility index (Phi) is 3.66. The van der Waals surface area contributed by atoms with E-state index in [-0.39, 0.29) is 5.69 Å². The van der Waals surface area contributed by atoms with E-state index in [4.69, 9.17) is 9.47 Å². The van der Waals surface area contributed by atoms with E-state index in [1.54, 1.807) is 25.3 Å². The zero-order valence-corrected chi connectivity index (χ0v) is 10.6. The average molecular weight is 259 g/mol. The van der Waals surface area contributed by atoms with Gasteiger partial charge in [-0.25, -0.2) is 0 Å². The van der Waals surface area contributed by atoms with Crippen LogP contribution in [-0.2, 0) is 0 Å². The van der Waals surface area contributed by atoms with E-state index in [1.165, 1.54) is 12.1 Å². The molecule has 2 aromatic rings. The molecule has 0 saturated carbocycles. The third kappa shape index (κ3) is 3.01. The quantitative estimate of drug-likeness (QED) is 0.620. The number of nitrogens with zero attached hydrogens (tertiary/aromatic N) is 1. The van der Waals surface area contributed by atoms with E-state index in [0.717, 1.165) is 11.3 Å². The maximum absolute atomic E-state index is 10.5. The van der Waals surface area contributed by atoms with Gasteiger partial charge in [-0.15, -0.1) is 0 Å². The fourth-order valence-electron chi connectivity index (χ4n) is 1.64. The molecule has 0 fully saturated rings. The van der Waals surface area contributed by atoms with Crippen LogP contribution >= 0.6 is 0 Å². The van der Waals surface area contributed by atoms with Gasteiger partial charge in [-0.05, 0) is 30.7 Å². The summed E-state index contributed by atoms with van der Waals surface area (Å²) in [5.74, 6) is 1.90. The van der Waals surface area contributed by atoms with Gasteiger partial charge in [0.15, 0.2) is 0 Å². The molecule has 2 aromatic carbocycles.